The van der Waals surface area contributed by atoms with E-state index in [0.29, 0.717) is 36.7 Å². The van der Waals surface area contributed by atoms with Gasteiger partial charge in [-0.25, -0.2) is 0 Å². The molecule has 0 amide bonds. The number of ether oxygens (including phenoxy) is 1. The topological polar surface area (TPSA) is 70.4 Å². The van der Waals surface area contributed by atoms with Gasteiger partial charge in [-0.1, -0.05) is 57.0 Å². The normalized spacial score (nSPS) is 12.4. The highest BCUT2D eigenvalue weighted by atomic mass is 19.4. The molecular weight excluding hydrogens is 383 g/mol. The van der Waals surface area contributed by atoms with Crippen LogP contribution in [-0.2, 0) is 17.6 Å². The third-order valence-corrected chi connectivity index (χ3v) is 4.49. The van der Waals surface area contributed by atoms with Crippen LogP contribution in [0.15, 0.2) is 36.4 Å². The molecule has 1 unspecified atom stereocenters. The number of hydrogen-bond acceptors (Lipinski definition) is 4. The summed E-state index contributed by atoms with van der Waals surface area (Å²) in [6.07, 6.45) is -3.46. The van der Waals surface area contributed by atoms with Crippen molar-refractivity contribution in [2.75, 3.05) is 0 Å². The first kappa shape index (κ1) is 22.5. The Morgan fingerprint density at radius 3 is 2.31 bits per heavy atom. The molecule has 0 fully saturated rings. The van der Waals surface area contributed by atoms with Gasteiger partial charge >= 0.3 is 6.18 Å². The van der Waals surface area contributed by atoms with Crippen molar-refractivity contribution in [2.24, 2.45) is 0 Å². The van der Waals surface area contributed by atoms with Crippen LogP contribution in [0.25, 0.3) is 0 Å². The van der Waals surface area contributed by atoms with Crippen molar-refractivity contribution in [3.63, 3.8) is 0 Å². The van der Waals surface area contributed by atoms with Crippen molar-refractivity contribution in [1.29, 1.82) is 5.41 Å². The van der Waals surface area contributed by atoms with Crippen molar-refractivity contribution in [2.45, 2.75) is 51.8 Å². The highest BCUT2D eigenvalue weighted by molar-refractivity contribution is 6.05. The molecule has 1 atom stereocenters. The number of halogens is 3. The summed E-state index contributed by atoms with van der Waals surface area (Å²) < 4.78 is 45.3. The number of phenolic OH excluding ortho intramolecular Hbond substituents is 1. The quantitative estimate of drug-likeness (QED) is 0.423. The van der Waals surface area contributed by atoms with Gasteiger partial charge < -0.3 is 9.84 Å². The van der Waals surface area contributed by atoms with E-state index in [1.165, 1.54) is 0 Å². The molecule has 0 aromatic heterocycles. The lowest BCUT2D eigenvalue weighted by atomic mass is 9.94. The van der Waals surface area contributed by atoms with Crippen molar-refractivity contribution in [1.82, 2.24) is 0 Å². The number of phenols is 1. The largest absolute Gasteiger partial charge is 0.507 e. The Morgan fingerprint density at radius 1 is 1.17 bits per heavy atom. The summed E-state index contributed by atoms with van der Waals surface area (Å²) in [4.78, 5) is 11.7. The zero-order valence-electron chi connectivity index (χ0n) is 16.3. The summed E-state index contributed by atoms with van der Waals surface area (Å²) in [6.45, 7) is 3.68. The van der Waals surface area contributed by atoms with Crippen LogP contribution < -0.4 is 4.74 Å². The van der Waals surface area contributed by atoms with E-state index in [2.05, 4.69) is 0 Å². The molecule has 7 heteroatoms. The SMILES string of the molecule is CCCc1cc(C(=N)C(F)(F)F)c(O)c(CCC)c1OC(C=O)c1ccccc1. The Hall–Kier alpha value is -2.83. The summed E-state index contributed by atoms with van der Waals surface area (Å²) in [6, 6.07) is 9.87. The summed E-state index contributed by atoms with van der Waals surface area (Å²) in [5.41, 5.74) is -0.963. The van der Waals surface area contributed by atoms with Crippen LogP contribution in [0.1, 0.15) is 55.0 Å². The van der Waals surface area contributed by atoms with Gasteiger partial charge in [0.25, 0.3) is 0 Å². The first-order valence-corrected chi connectivity index (χ1v) is 9.45. The number of alkyl halides is 3. The molecule has 2 rings (SSSR count). The number of carbonyl (C=O) groups excluding carboxylic acids is 1. The van der Waals surface area contributed by atoms with E-state index in [9.17, 15) is 23.1 Å². The van der Waals surface area contributed by atoms with Crippen molar-refractivity contribution < 1.29 is 27.8 Å². The van der Waals surface area contributed by atoms with Crippen LogP contribution in [0.3, 0.4) is 0 Å². The molecule has 4 nitrogen and oxygen atoms in total. The summed E-state index contributed by atoms with van der Waals surface area (Å²) >= 11 is 0. The van der Waals surface area contributed by atoms with E-state index in [4.69, 9.17) is 10.1 Å². The molecule has 2 N–H and O–H groups in total. The number of aryl methyl sites for hydroxylation is 1. The number of benzene rings is 2. The molecule has 0 bridgehead atoms. The number of hydrogen-bond donors (Lipinski definition) is 2. The van der Waals surface area contributed by atoms with Gasteiger partial charge in [0.15, 0.2) is 12.4 Å². The molecule has 0 aliphatic carbocycles. The highest BCUT2D eigenvalue weighted by Gasteiger charge is 2.38. The van der Waals surface area contributed by atoms with Gasteiger partial charge in [0.1, 0.15) is 17.2 Å². The van der Waals surface area contributed by atoms with E-state index in [-0.39, 0.29) is 17.7 Å². The number of aldehydes is 1. The maximum absolute atomic E-state index is 13.1. The van der Waals surface area contributed by atoms with Crippen LogP contribution in [0.5, 0.6) is 11.5 Å². The van der Waals surface area contributed by atoms with Gasteiger partial charge in [0.05, 0.1) is 0 Å². The predicted molar refractivity (Wildman–Crippen MR) is 105 cm³/mol. The minimum atomic E-state index is -4.89. The molecule has 29 heavy (non-hydrogen) atoms. The van der Waals surface area contributed by atoms with Crippen LogP contribution in [0.4, 0.5) is 13.2 Å². The van der Waals surface area contributed by atoms with Gasteiger partial charge in [-0.3, -0.25) is 10.2 Å². The molecule has 0 saturated carbocycles. The molecule has 0 saturated heterocycles. The predicted octanol–water partition coefficient (Wildman–Crippen LogP) is 5.55. The van der Waals surface area contributed by atoms with Crippen molar-refractivity contribution >= 4 is 12.0 Å². The monoisotopic (exact) mass is 407 g/mol. The maximum atomic E-state index is 13.1. The lowest BCUT2D eigenvalue weighted by Gasteiger charge is -2.23. The minimum Gasteiger partial charge on any atom is -0.507 e. The molecule has 2 aromatic rings. The smallest absolute Gasteiger partial charge is 0.433 e. The van der Waals surface area contributed by atoms with Crippen molar-refractivity contribution in [3.8, 4) is 11.5 Å². The summed E-state index contributed by atoms with van der Waals surface area (Å²) in [5, 5.41) is 18.1. The molecule has 0 aliphatic rings. The average Bonchev–Trinajstić information content (AvgIpc) is 2.69. The Kier molecular flexibility index (Phi) is 7.42. The number of nitrogens with one attached hydrogen (secondary N) is 1. The van der Waals surface area contributed by atoms with Gasteiger partial charge in [-0.2, -0.15) is 13.2 Å². The van der Waals surface area contributed by atoms with Crippen LogP contribution in [0.2, 0.25) is 0 Å². The van der Waals surface area contributed by atoms with E-state index in [1.54, 1.807) is 30.3 Å². The minimum absolute atomic E-state index is 0.185. The van der Waals surface area contributed by atoms with Crippen LogP contribution >= 0.6 is 0 Å². The second-order valence-corrected chi connectivity index (χ2v) is 6.70. The fourth-order valence-electron chi connectivity index (χ4n) is 3.14. The molecular formula is C22H24F3NO3. The first-order valence-electron chi connectivity index (χ1n) is 9.45. The molecule has 0 heterocycles. The Morgan fingerprint density at radius 2 is 1.79 bits per heavy atom. The van der Waals surface area contributed by atoms with Gasteiger partial charge in [0.2, 0.25) is 0 Å². The standard InChI is InChI=1S/C22H24F3NO3/c1-3-8-15-12-17(21(26)22(23,24)25)19(28)16(9-4-2)20(15)29-18(13-27)14-10-6-5-7-11-14/h5-7,10-13,18,26,28H,3-4,8-9H2,1-2H3. The summed E-state index contributed by atoms with van der Waals surface area (Å²) in [5.74, 6) is -0.410. The number of rotatable bonds is 9. The van der Waals surface area contributed by atoms with Gasteiger partial charge in [-0.15, -0.1) is 0 Å². The molecule has 0 radical (unpaired) electrons. The number of aromatic hydroxyl groups is 1. The second-order valence-electron chi connectivity index (χ2n) is 6.70. The lowest BCUT2D eigenvalue weighted by Crippen LogP contribution is -2.24. The van der Waals surface area contributed by atoms with Crippen LogP contribution in [-0.4, -0.2) is 23.3 Å². The number of carbonyl (C=O) groups is 1. The second kappa shape index (κ2) is 9.58. The molecule has 2 aromatic carbocycles. The average molecular weight is 407 g/mol. The molecule has 0 spiro atoms. The summed E-state index contributed by atoms with van der Waals surface area (Å²) in [7, 11) is 0. The Bertz CT molecular complexity index is 864. The zero-order valence-corrected chi connectivity index (χ0v) is 16.3. The van der Waals surface area contributed by atoms with Crippen LogP contribution in [0, 0.1) is 5.41 Å². The van der Waals surface area contributed by atoms with E-state index < -0.39 is 29.3 Å². The fourth-order valence-corrected chi connectivity index (χ4v) is 3.14. The zero-order chi connectivity index (χ0) is 21.6. The highest BCUT2D eigenvalue weighted by Crippen LogP contribution is 2.40. The van der Waals surface area contributed by atoms with E-state index in [1.807, 2.05) is 13.8 Å². The fraction of sp³-hybridized carbons (Fsp3) is 0.364. The van der Waals surface area contributed by atoms with Crippen molar-refractivity contribution in [3.05, 3.63) is 58.7 Å². The maximum Gasteiger partial charge on any atom is 0.433 e. The Labute approximate surface area is 167 Å². The van der Waals surface area contributed by atoms with E-state index >= 15 is 0 Å². The van der Waals surface area contributed by atoms with Gasteiger partial charge in [-0.05, 0) is 30.0 Å². The van der Waals surface area contributed by atoms with E-state index in [0.717, 1.165) is 6.07 Å². The first-order chi connectivity index (χ1) is 13.7. The van der Waals surface area contributed by atoms with Gasteiger partial charge in [0, 0.05) is 11.1 Å². The molecule has 0 aliphatic heterocycles. The lowest BCUT2D eigenvalue weighted by molar-refractivity contribution is -0.114. The molecule has 156 valence electrons. The third-order valence-electron chi connectivity index (χ3n) is 4.49. The Balaban J connectivity index is 2.64. The third kappa shape index (κ3) is 5.16.